The van der Waals surface area contributed by atoms with E-state index in [-0.39, 0.29) is 17.3 Å². The van der Waals surface area contributed by atoms with Gasteiger partial charge in [0.15, 0.2) is 0 Å². The van der Waals surface area contributed by atoms with Crippen LogP contribution in [0.15, 0.2) is 18.2 Å². The zero-order valence-corrected chi connectivity index (χ0v) is 11.9. The largest absolute Gasteiger partial charge is 0.477 e. The van der Waals surface area contributed by atoms with Crippen LogP contribution < -0.4 is 5.32 Å². The minimum absolute atomic E-state index is 0.137. The number of carbonyl (C=O) groups is 1. The van der Waals surface area contributed by atoms with Gasteiger partial charge in [0.05, 0.1) is 4.92 Å². The maximum Gasteiger partial charge on any atom is 0.342 e. The monoisotopic (exact) mass is 293 g/mol. The van der Waals surface area contributed by atoms with E-state index in [0.29, 0.717) is 5.69 Å². The van der Waals surface area contributed by atoms with Gasteiger partial charge in [0.2, 0.25) is 0 Å². The normalized spacial score (nSPS) is 16.6. The number of nitrogens with one attached hydrogen (secondary N) is 1. The van der Waals surface area contributed by atoms with Crippen LogP contribution in [0.2, 0.25) is 0 Å². The van der Waals surface area contributed by atoms with Crippen LogP contribution >= 0.6 is 0 Å². The Kier molecular flexibility index (Phi) is 4.74. The summed E-state index contributed by atoms with van der Waals surface area (Å²) in [6.07, 6.45) is 2.43. The van der Waals surface area contributed by atoms with E-state index in [2.05, 4.69) is 10.2 Å². The fourth-order valence-corrected chi connectivity index (χ4v) is 2.64. The second kappa shape index (κ2) is 6.53. The Morgan fingerprint density at radius 3 is 2.71 bits per heavy atom. The van der Waals surface area contributed by atoms with Crippen LogP contribution in [0.3, 0.4) is 0 Å². The number of nitro benzene ring substituents is 1. The highest BCUT2D eigenvalue weighted by Gasteiger charge is 2.21. The standard InChI is InChI=1S/C14H19N3O4/c1-10(9-16-6-2-3-7-16)15-11-4-5-12(14(18)19)13(8-11)17(20)21/h4-5,8,10,15H,2-3,6-7,9H2,1H3,(H,18,19). The van der Waals surface area contributed by atoms with Crippen molar-refractivity contribution in [3.63, 3.8) is 0 Å². The van der Waals surface area contributed by atoms with Crippen molar-refractivity contribution < 1.29 is 14.8 Å². The molecule has 1 heterocycles. The van der Waals surface area contributed by atoms with Gasteiger partial charge in [-0.3, -0.25) is 10.1 Å². The number of hydrogen-bond donors (Lipinski definition) is 2. The molecule has 2 N–H and O–H groups in total. The number of carboxylic acids is 1. The number of nitrogens with zero attached hydrogens (tertiary/aromatic N) is 2. The molecule has 21 heavy (non-hydrogen) atoms. The van der Waals surface area contributed by atoms with Gasteiger partial charge in [-0.2, -0.15) is 0 Å². The number of rotatable bonds is 6. The number of carboxylic acid groups (broad SMARTS) is 1. The molecule has 0 radical (unpaired) electrons. The molecular weight excluding hydrogens is 274 g/mol. The van der Waals surface area contributed by atoms with Gasteiger partial charge in [0.1, 0.15) is 5.56 Å². The molecule has 0 aromatic heterocycles. The summed E-state index contributed by atoms with van der Waals surface area (Å²) in [6.45, 7) is 5.05. The number of nitro groups is 1. The van der Waals surface area contributed by atoms with Gasteiger partial charge >= 0.3 is 5.97 Å². The molecule has 1 unspecified atom stereocenters. The highest BCUT2D eigenvalue weighted by atomic mass is 16.6. The van der Waals surface area contributed by atoms with Crippen LogP contribution in [0.5, 0.6) is 0 Å². The zero-order valence-electron chi connectivity index (χ0n) is 11.9. The van der Waals surface area contributed by atoms with Crippen LogP contribution in [-0.2, 0) is 0 Å². The van der Waals surface area contributed by atoms with E-state index in [1.807, 2.05) is 6.92 Å². The van der Waals surface area contributed by atoms with Crippen LogP contribution in [0.1, 0.15) is 30.1 Å². The Morgan fingerprint density at radius 1 is 1.48 bits per heavy atom. The minimum atomic E-state index is -1.29. The predicted octanol–water partition coefficient (Wildman–Crippen LogP) is 2.19. The van der Waals surface area contributed by atoms with E-state index in [9.17, 15) is 14.9 Å². The molecule has 0 aliphatic carbocycles. The third-order valence-corrected chi connectivity index (χ3v) is 3.57. The topological polar surface area (TPSA) is 95.7 Å². The molecule has 114 valence electrons. The Hall–Kier alpha value is -2.15. The summed E-state index contributed by atoms with van der Waals surface area (Å²) in [7, 11) is 0. The summed E-state index contributed by atoms with van der Waals surface area (Å²) >= 11 is 0. The number of benzene rings is 1. The smallest absolute Gasteiger partial charge is 0.342 e. The highest BCUT2D eigenvalue weighted by molar-refractivity contribution is 5.93. The molecule has 0 saturated carbocycles. The number of hydrogen-bond acceptors (Lipinski definition) is 5. The van der Waals surface area contributed by atoms with Crippen molar-refractivity contribution in [1.82, 2.24) is 4.90 Å². The van der Waals surface area contributed by atoms with Crippen LogP contribution in [0.4, 0.5) is 11.4 Å². The molecule has 0 amide bonds. The van der Waals surface area contributed by atoms with Gasteiger partial charge in [-0.1, -0.05) is 0 Å². The first-order valence-electron chi connectivity index (χ1n) is 6.98. The molecule has 0 spiro atoms. The molecule has 1 aromatic carbocycles. The fourth-order valence-electron chi connectivity index (χ4n) is 2.64. The zero-order chi connectivity index (χ0) is 15.4. The van der Waals surface area contributed by atoms with Gasteiger partial charge in [-0.15, -0.1) is 0 Å². The van der Waals surface area contributed by atoms with Gasteiger partial charge in [0, 0.05) is 24.3 Å². The van der Waals surface area contributed by atoms with Crippen LogP contribution in [0, 0.1) is 10.1 Å². The number of aromatic carboxylic acids is 1. The van der Waals surface area contributed by atoms with E-state index in [0.717, 1.165) is 19.6 Å². The molecule has 1 aliphatic heterocycles. The Labute approximate surface area is 122 Å². The molecule has 0 bridgehead atoms. The third-order valence-electron chi connectivity index (χ3n) is 3.57. The van der Waals surface area contributed by atoms with E-state index < -0.39 is 10.9 Å². The minimum Gasteiger partial charge on any atom is -0.477 e. The van der Waals surface area contributed by atoms with Crippen molar-refractivity contribution >= 4 is 17.3 Å². The second-order valence-electron chi connectivity index (χ2n) is 5.35. The quantitative estimate of drug-likeness (QED) is 0.616. The Bertz CT molecular complexity index is 541. The summed E-state index contributed by atoms with van der Waals surface area (Å²) < 4.78 is 0. The van der Waals surface area contributed by atoms with Gasteiger partial charge < -0.3 is 15.3 Å². The first-order chi connectivity index (χ1) is 9.97. The Morgan fingerprint density at radius 2 is 2.14 bits per heavy atom. The van der Waals surface area contributed by atoms with Gasteiger partial charge in [-0.05, 0) is 45.0 Å². The summed E-state index contributed by atoms with van der Waals surface area (Å²) in [4.78, 5) is 23.6. The first kappa shape index (κ1) is 15.2. The van der Waals surface area contributed by atoms with E-state index in [1.165, 1.54) is 25.0 Å². The molecule has 1 saturated heterocycles. The fraction of sp³-hybridized carbons (Fsp3) is 0.500. The SMILES string of the molecule is CC(CN1CCCC1)Nc1ccc(C(=O)O)c([N+](=O)[O-])c1. The van der Waals surface area contributed by atoms with Crippen molar-refractivity contribution in [1.29, 1.82) is 0 Å². The van der Waals surface area contributed by atoms with Crippen LogP contribution in [-0.4, -0.2) is 46.6 Å². The lowest BCUT2D eigenvalue weighted by Crippen LogP contribution is -2.32. The van der Waals surface area contributed by atoms with Crippen molar-refractivity contribution in [2.75, 3.05) is 25.0 Å². The van der Waals surface area contributed by atoms with Crippen molar-refractivity contribution in [2.45, 2.75) is 25.8 Å². The van der Waals surface area contributed by atoms with Crippen molar-refractivity contribution in [3.8, 4) is 0 Å². The summed E-state index contributed by atoms with van der Waals surface area (Å²) in [6, 6.07) is 4.25. The maximum absolute atomic E-state index is 11.0. The van der Waals surface area contributed by atoms with E-state index >= 15 is 0 Å². The lowest BCUT2D eigenvalue weighted by molar-refractivity contribution is -0.385. The predicted molar refractivity (Wildman–Crippen MR) is 78.8 cm³/mol. The van der Waals surface area contributed by atoms with Crippen molar-refractivity contribution in [2.24, 2.45) is 0 Å². The molecule has 1 aliphatic rings. The molecule has 7 nitrogen and oxygen atoms in total. The van der Waals surface area contributed by atoms with Crippen molar-refractivity contribution in [3.05, 3.63) is 33.9 Å². The summed E-state index contributed by atoms with van der Waals surface area (Å²) in [5.74, 6) is -1.29. The van der Waals surface area contributed by atoms with E-state index in [4.69, 9.17) is 5.11 Å². The molecule has 1 fully saturated rings. The second-order valence-corrected chi connectivity index (χ2v) is 5.35. The number of likely N-dealkylation sites (tertiary alicyclic amines) is 1. The third kappa shape index (κ3) is 3.91. The lowest BCUT2D eigenvalue weighted by atomic mass is 10.1. The molecule has 1 aromatic rings. The Balaban J connectivity index is 2.07. The average Bonchev–Trinajstić information content (AvgIpc) is 2.90. The molecular formula is C14H19N3O4. The summed E-state index contributed by atoms with van der Waals surface area (Å²) in [5, 5.41) is 23.1. The number of anilines is 1. The highest BCUT2D eigenvalue weighted by Crippen LogP contribution is 2.24. The van der Waals surface area contributed by atoms with Crippen LogP contribution in [0.25, 0.3) is 0 Å². The van der Waals surface area contributed by atoms with Gasteiger partial charge in [0.25, 0.3) is 5.69 Å². The molecule has 2 rings (SSSR count). The molecule has 1 atom stereocenters. The van der Waals surface area contributed by atoms with E-state index in [1.54, 1.807) is 6.07 Å². The molecule has 7 heteroatoms. The van der Waals surface area contributed by atoms with Gasteiger partial charge in [-0.25, -0.2) is 4.79 Å². The maximum atomic E-state index is 11.0. The lowest BCUT2D eigenvalue weighted by Gasteiger charge is -2.22. The average molecular weight is 293 g/mol. The first-order valence-corrected chi connectivity index (χ1v) is 6.98. The summed E-state index contributed by atoms with van der Waals surface area (Å²) in [5.41, 5.74) is -0.114.